The number of nitrogens with zero attached hydrogens (tertiary/aromatic N) is 2. The Morgan fingerprint density at radius 1 is 1.00 bits per heavy atom. The number of ketones is 1. The van der Waals surface area contributed by atoms with Crippen molar-refractivity contribution in [3.8, 4) is 0 Å². The number of aliphatic imine (C=N–C) groups is 1. The summed E-state index contributed by atoms with van der Waals surface area (Å²) in [5.41, 5.74) is 16.6. The van der Waals surface area contributed by atoms with Crippen LogP contribution in [0.25, 0.3) is 0 Å². The number of nitrogens with two attached hydrogens (primary N) is 2. The minimum Gasteiger partial charge on any atom is -0.370 e. The highest BCUT2D eigenvalue weighted by atomic mass is 19.1. The van der Waals surface area contributed by atoms with E-state index in [2.05, 4.69) is 46.5 Å². The number of aryl methyl sites for hydroxylation is 1. The molecular formula is C30H34FN5O2. The van der Waals surface area contributed by atoms with Crippen LogP contribution >= 0.6 is 0 Å². The average Bonchev–Trinajstić information content (AvgIpc) is 3.21. The SMILES string of the molecule is Cc1ccc(CC(=O)C(=O)N[C@H]2c3ccc(CN(C)Cc4ccccc4)cc3C[C@@H]2CN=C(N)N)cc1F. The molecule has 5 N–H and O–H groups in total. The number of guanidine groups is 1. The van der Waals surface area contributed by atoms with E-state index in [0.717, 1.165) is 29.8 Å². The maximum atomic E-state index is 13.9. The molecule has 3 aromatic rings. The largest absolute Gasteiger partial charge is 0.370 e. The topological polar surface area (TPSA) is 114 Å². The fourth-order valence-corrected chi connectivity index (χ4v) is 4.98. The Hall–Kier alpha value is -4.04. The lowest BCUT2D eigenvalue weighted by Crippen LogP contribution is -2.38. The summed E-state index contributed by atoms with van der Waals surface area (Å²) in [5, 5.41) is 2.90. The fourth-order valence-electron chi connectivity index (χ4n) is 4.98. The Balaban J connectivity index is 1.47. The summed E-state index contributed by atoms with van der Waals surface area (Å²) in [5.74, 6) is -1.85. The van der Waals surface area contributed by atoms with Gasteiger partial charge in [0.05, 0.1) is 6.04 Å². The number of rotatable bonds is 10. The molecule has 0 unspecified atom stereocenters. The molecule has 0 spiro atoms. The molecule has 0 aromatic heterocycles. The quantitative estimate of drug-likeness (QED) is 0.218. The van der Waals surface area contributed by atoms with Gasteiger partial charge in [0.1, 0.15) is 5.82 Å². The average molecular weight is 516 g/mol. The Labute approximate surface area is 222 Å². The second kappa shape index (κ2) is 12.0. The summed E-state index contributed by atoms with van der Waals surface area (Å²) < 4.78 is 13.9. The summed E-state index contributed by atoms with van der Waals surface area (Å²) >= 11 is 0. The predicted octanol–water partition coefficient (Wildman–Crippen LogP) is 3.18. The standard InChI is InChI=1S/C30H34FN5O2/c1-19-8-9-21(13-26(19)31)14-27(37)29(38)35-28-24(16-34-30(32)33)15-23-12-22(10-11-25(23)28)18-36(2)17-20-6-4-3-5-7-20/h3-13,24,28H,14-18H2,1-2H3,(H,35,38)(H4,32,33,34)/t24-,28-/m1/s1. The van der Waals surface area contributed by atoms with Crippen molar-refractivity contribution in [2.45, 2.75) is 38.9 Å². The number of nitrogens with one attached hydrogen (secondary N) is 1. The van der Waals surface area contributed by atoms with Crippen LogP contribution in [0.15, 0.2) is 71.7 Å². The number of hydrogen-bond donors (Lipinski definition) is 3. The Morgan fingerprint density at radius 2 is 1.71 bits per heavy atom. The van der Waals surface area contributed by atoms with Crippen molar-refractivity contribution in [3.05, 3.63) is 106 Å². The molecule has 0 heterocycles. The molecule has 3 aromatic carbocycles. The molecule has 7 nitrogen and oxygen atoms in total. The molecule has 0 bridgehead atoms. The zero-order valence-electron chi connectivity index (χ0n) is 21.8. The molecule has 1 aliphatic rings. The van der Waals surface area contributed by atoms with Crippen molar-refractivity contribution in [2.75, 3.05) is 13.6 Å². The maximum absolute atomic E-state index is 13.9. The van der Waals surface area contributed by atoms with Crippen LogP contribution in [0.4, 0.5) is 4.39 Å². The van der Waals surface area contributed by atoms with Gasteiger partial charge < -0.3 is 16.8 Å². The Kier molecular flexibility index (Phi) is 8.53. The van der Waals surface area contributed by atoms with Crippen LogP contribution in [-0.2, 0) is 35.5 Å². The smallest absolute Gasteiger partial charge is 0.288 e. The van der Waals surface area contributed by atoms with Crippen molar-refractivity contribution < 1.29 is 14.0 Å². The van der Waals surface area contributed by atoms with E-state index < -0.39 is 23.5 Å². The molecule has 4 rings (SSSR count). The van der Waals surface area contributed by atoms with Crippen LogP contribution < -0.4 is 16.8 Å². The molecular weight excluding hydrogens is 481 g/mol. The zero-order chi connectivity index (χ0) is 27.2. The van der Waals surface area contributed by atoms with E-state index in [1.165, 1.54) is 11.6 Å². The first-order chi connectivity index (χ1) is 18.2. The van der Waals surface area contributed by atoms with E-state index in [9.17, 15) is 14.0 Å². The molecule has 38 heavy (non-hydrogen) atoms. The van der Waals surface area contributed by atoms with E-state index in [1.54, 1.807) is 19.1 Å². The number of hydrogen-bond acceptors (Lipinski definition) is 4. The van der Waals surface area contributed by atoms with Crippen LogP contribution in [0.3, 0.4) is 0 Å². The minimum absolute atomic E-state index is 0.0215. The van der Waals surface area contributed by atoms with Gasteiger partial charge in [-0.3, -0.25) is 19.5 Å². The lowest BCUT2D eigenvalue weighted by molar-refractivity contribution is -0.138. The summed E-state index contributed by atoms with van der Waals surface area (Å²) in [4.78, 5) is 32.0. The molecule has 0 saturated carbocycles. The van der Waals surface area contributed by atoms with Gasteiger partial charge in [-0.25, -0.2) is 4.39 Å². The van der Waals surface area contributed by atoms with Gasteiger partial charge in [-0.15, -0.1) is 0 Å². The number of carbonyl (C=O) groups is 2. The van der Waals surface area contributed by atoms with Crippen molar-refractivity contribution in [1.82, 2.24) is 10.2 Å². The number of carbonyl (C=O) groups excluding carboxylic acids is 2. The fraction of sp³-hybridized carbons (Fsp3) is 0.300. The highest BCUT2D eigenvalue weighted by molar-refractivity contribution is 6.36. The lowest BCUT2D eigenvalue weighted by Gasteiger charge is -2.21. The van der Waals surface area contributed by atoms with Crippen molar-refractivity contribution in [2.24, 2.45) is 22.4 Å². The van der Waals surface area contributed by atoms with Gasteiger partial charge in [-0.1, -0.05) is 60.7 Å². The van der Waals surface area contributed by atoms with Gasteiger partial charge in [0.25, 0.3) is 5.91 Å². The second-order valence-corrected chi connectivity index (χ2v) is 10.1. The number of fused-ring (bicyclic) bond motifs is 1. The van der Waals surface area contributed by atoms with Crippen molar-refractivity contribution in [3.63, 3.8) is 0 Å². The third-order valence-corrected chi connectivity index (χ3v) is 6.89. The molecule has 2 atom stereocenters. The summed E-state index contributed by atoms with van der Waals surface area (Å²) in [6.45, 7) is 3.57. The third-order valence-electron chi connectivity index (χ3n) is 6.89. The lowest BCUT2D eigenvalue weighted by atomic mass is 9.99. The number of Topliss-reactive ketones (excluding diaryl/α,β-unsaturated/α-hetero) is 1. The summed E-state index contributed by atoms with van der Waals surface area (Å²) in [7, 11) is 2.08. The van der Waals surface area contributed by atoms with Gasteiger partial charge >= 0.3 is 0 Å². The summed E-state index contributed by atoms with van der Waals surface area (Å²) in [6.07, 6.45) is 0.499. The molecule has 0 aliphatic heterocycles. The van der Waals surface area contributed by atoms with Crippen LogP contribution in [0.5, 0.6) is 0 Å². The number of halogens is 1. The van der Waals surface area contributed by atoms with E-state index in [0.29, 0.717) is 24.1 Å². The van der Waals surface area contributed by atoms with E-state index >= 15 is 0 Å². The highest BCUT2D eigenvalue weighted by Gasteiger charge is 2.35. The highest BCUT2D eigenvalue weighted by Crippen LogP contribution is 2.37. The Bertz CT molecular complexity index is 1340. The van der Waals surface area contributed by atoms with Gasteiger partial charge in [0.15, 0.2) is 5.96 Å². The molecule has 1 aliphatic carbocycles. The monoisotopic (exact) mass is 515 g/mol. The summed E-state index contributed by atoms with van der Waals surface area (Å²) in [6, 6.07) is 20.7. The van der Waals surface area contributed by atoms with E-state index in [-0.39, 0.29) is 18.3 Å². The van der Waals surface area contributed by atoms with Crippen LogP contribution in [-0.4, -0.2) is 36.1 Å². The van der Waals surface area contributed by atoms with Gasteiger partial charge in [-0.2, -0.15) is 0 Å². The van der Waals surface area contributed by atoms with Crippen LogP contribution in [0.1, 0.15) is 39.4 Å². The van der Waals surface area contributed by atoms with Gasteiger partial charge in [0, 0.05) is 32.0 Å². The number of benzene rings is 3. The van der Waals surface area contributed by atoms with Gasteiger partial charge in [0.2, 0.25) is 5.78 Å². The first-order valence-corrected chi connectivity index (χ1v) is 12.7. The first-order valence-electron chi connectivity index (χ1n) is 12.7. The molecule has 0 radical (unpaired) electrons. The third kappa shape index (κ3) is 6.83. The van der Waals surface area contributed by atoms with Crippen molar-refractivity contribution in [1.29, 1.82) is 0 Å². The minimum atomic E-state index is -0.704. The zero-order valence-corrected chi connectivity index (χ0v) is 21.8. The molecule has 8 heteroatoms. The second-order valence-electron chi connectivity index (χ2n) is 10.1. The van der Waals surface area contributed by atoms with Crippen LogP contribution in [0.2, 0.25) is 0 Å². The van der Waals surface area contributed by atoms with E-state index in [4.69, 9.17) is 11.5 Å². The molecule has 0 saturated heterocycles. The normalized spacial score (nSPS) is 16.2. The van der Waals surface area contributed by atoms with Gasteiger partial charge in [-0.05, 0) is 59.8 Å². The van der Waals surface area contributed by atoms with E-state index in [1.807, 2.05) is 24.3 Å². The van der Waals surface area contributed by atoms with Crippen molar-refractivity contribution >= 4 is 17.6 Å². The molecule has 1 amide bonds. The molecule has 0 fully saturated rings. The van der Waals surface area contributed by atoms with Crippen LogP contribution in [0, 0.1) is 18.7 Å². The molecule has 198 valence electrons. The number of amides is 1. The Morgan fingerprint density at radius 3 is 2.42 bits per heavy atom. The first kappa shape index (κ1) is 27.0. The predicted molar refractivity (Wildman–Crippen MR) is 147 cm³/mol. The maximum Gasteiger partial charge on any atom is 0.288 e.